The largest absolute Gasteiger partial charge is 0.361 e. The highest BCUT2D eigenvalue weighted by Crippen LogP contribution is 2.19. The molecule has 2 aromatic rings. The molecule has 0 spiro atoms. The molecule has 0 radical (unpaired) electrons. The van der Waals surface area contributed by atoms with E-state index in [4.69, 9.17) is 11.6 Å². The van der Waals surface area contributed by atoms with Crippen LogP contribution in [-0.2, 0) is 13.6 Å². The first-order valence-electron chi connectivity index (χ1n) is 5.80. The van der Waals surface area contributed by atoms with Crippen LogP contribution in [-0.4, -0.2) is 19.5 Å². The second-order valence-electron chi connectivity index (χ2n) is 4.35. The van der Waals surface area contributed by atoms with E-state index in [0.29, 0.717) is 17.6 Å². The van der Waals surface area contributed by atoms with E-state index in [1.54, 1.807) is 18.6 Å². The molecule has 1 N–H and O–H groups in total. The van der Waals surface area contributed by atoms with Gasteiger partial charge in [0.25, 0.3) is 0 Å². The molecule has 0 aliphatic rings. The maximum Gasteiger partial charge on any atom is 0.148 e. The standard InChI is InChI=1S/C12H16ClN5/c1-8(2)11-12(15-5-4-14-11)17-7-10-16-6-9(13)18(10)3/h4-6,8H,7H2,1-3H3,(H,15,17). The third-order valence-electron chi connectivity index (χ3n) is 2.72. The second kappa shape index (κ2) is 5.35. The van der Waals surface area contributed by atoms with Crippen molar-refractivity contribution in [1.29, 1.82) is 0 Å². The van der Waals surface area contributed by atoms with Gasteiger partial charge in [-0.1, -0.05) is 25.4 Å². The van der Waals surface area contributed by atoms with Crippen molar-refractivity contribution in [2.75, 3.05) is 5.32 Å². The van der Waals surface area contributed by atoms with Crippen LogP contribution < -0.4 is 5.32 Å². The molecule has 96 valence electrons. The molecule has 2 aromatic heterocycles. The minimum Gasteiger partial charge on any atom is -0.361 e. The lowest BCUT2D eigenvalue weighted by Crippen LogP contribution is -2.10. The van der Waals surface area contributed by atoms with Crippen molar-refractivity contribution in [2.45, 2.75) is 26.3 Å². The fourth-order valence-electron chi connectivity index (χ4n) is 1.66. The third kappa shape index (κ3) is 2.61. The van der Waals surface area contributed by atoms with Crippen LogP contribution in [0.1, 0.15) is 31.3 Å². The summed E-state index contributed by atoms with van der Waals surface area (Å²) in [4.78, 5) is 12.9. The van der Waals surface area contributed by atoms with Crippen molar-refractivity contribution >= 4 is 17.4 Å². The van der Waals surface area contributed by atoms with Gasteiger partial charge in [-0.25, -0.2) is 9.97 Å². The minimum atomic E-state index is 0.325. The first-order valence-corrected chi connectivity index (χ1v) is 6.18. The van der Waals surface area contributed by atoms with E-state index >= 15 is 0 Å². The molecule has 0 saturated carbocycles. The lowest BCUT2D eigenvalue weighted by Gasteiger charge is -2.11. The number of nitrogens with zero attached hydrogens (tertiary/aromatic N) is 4. The van der Waals surface area contributed by atoms with E-state index in [1.165, 1.54) is 0 Å². The Morgan fingerprint density at radius 1 is 1.28 bits per heavy atom. The van der Waals surface area contributed by atoms with E-state index in [-0.39, 0.29) is 0 Å². The smallest absolute Gasteiger partial charge is 0.148 e. The first kappa shape index (κ1) is 12.8. The summed E-state index contributed by atoms with van der Waals surface area (Å²) in [5, 5.41) is 3.87. The molecule has 0 atom stereocenters. The van der Waals surface area contributed by atoms with E-state index in [0.717, 1.165) is 17.3 Å². The molecule has 0 fully saturated rings. The summed E-state index contributed by atoms with van der Waals surface area (Å²) in [5.74, 6) is 1.98. The Labute approximate surface area is 111 Å². The van der Waals surface area contributed by atoms with Crippen LogP contribution in [0.4, 0.5) is 5.82 Å². The van der Waals surface area contributed by atoms with Crippen LogP contribution in [0.15, 0.2) is 18.6 Å². The van der Waals surface area contributed by atoms with Crippen molar-refractivity contribution in [3.05, 3.63) is 35.3 Å². The van der Waals surface area contributed by atoms with Crippen LogP contribution in [0.25, 0.3) is 0 Å². The fourth-order valence-corrected chi connectivity index (χ4v) is 1.81. The van der Waals surface area contributed by atoms with Crippen LogP contribution >= 0.6 is 11.6 Å². The molecule has 18 heavy (non-hydrogen) atoms. The molecular weight excluding hydrogens is 250 g/mol. The van der Waals surface area contributed by atoms with Crippen LogP contribution in [0.3, 0.4) is 0 Å². The van der Waals surface area contributed by atoms with Gasteiger partial charge in [-0.05, 0) is 5.92 Å². The van der Waals surface area contributed by atoms with E-state index < -0.39 is 0 Å². The zero-order valence-corrected chi connectivity index (χ0v) is 11.4. The summed E-state index contributed by atoms with van der Waals surface area (Å²) >= 11 is 5.94. The summed E-state index contributed by atoms with van der Waals surface area (Å²) in [7, 11) is 1.88. The molecule has 0 aliphatic heterocycles. The summed E-state index contributed by atoms with van der Waals surface area (Å²) in [6.45, 7) is 4.75. The molecule has 0 amide bonds. The molecule has 2 rings (SSSR count). The fraction of sp³-hybridized carbons (Fsp3) is 0.417. The predicted octanol–water partition coefficient (Wildman–Crippen LogP) is 2.60. The quantitative estimate of drug-likeness (QED) is 0.923. The van der Waals surface area contributed by atoms with Gasteiger partial charge in [-0.2, -0.15) is 0 Å². The second-order valence-corrected chi connectivity index (χ2v) is 4.74. The first-order chi connectivity index (χ1) is 8.59. The topological polar surface area (TPSA) is 55.6 Å². The van der Waals surface area contributed by atoms with Crippen molar-refractivity contribution in [2.24, 2.45) is 7.05 Å². The van der Waals surface area contributed by atoms with E-state index in [2.05, 4.69) is 34.1 Å². The molecule has 5 nitrogen and oxygen atoms in total. The van der Waals surface area contributed by atoms with E-state index in [1.807, 2.05) is 11.6 Å². The molecular formula is C12H16ClN5. The van der Waals surface area contributed by atoms with Crippen LogP contribution in [0.2, 0.25) is 5.15 Å². The SMILES string of the molecule is CC(C)c1nccnc1NCc1ncc(Cl)n1C. The number of imidazole rings is 1. The highest BCUT2D eigenvalue weighted by molar-refractivity contribution is 6.29. The Balaban J connectivity index is 2.13. The van der Waals surface area contributed by atoms with Crippen molar-refractivity contribution < 1.29 is 0 Å². The van der Waals surface area contributed by atoms with Crippen molar-refractivity contribution in [3.63, 3.8) is 0 Å². The lowest BCUT2D eigenvalue weighted by atomic mass is 10.1. The highest BCUT2D eigenvalue weighted by atomic mass is 35.5. The number of anilines is 1. The average Bonchev–Trinajstić information content (AvgIpc) is 2.68. The van der Waals surface area contributed by atoms with Gasteiger partial charge in [0.15, 0.2) is 0 Å². The van der Waals surface area contributed by atoms with Crippen LogP contribution in [0, 0.1) is 0 Å². The van der Waals surface area contributed by atoms with E-state index in [9.17, 15) is 0 Å². The Hall–Kier alpha value is -1.62. The molecule has 2 heterocycles. The Morgan fingerprint density at radius 2 is 2.00 bits per heavy atom. The van der Waals surface area contributed by atoms with Gasteiger partial charge < -0.3 is 9.88 Å². The van der Waals surface area contributed by atoms with Gasteiger partial charge in [0, 0.05) is 19.4 Å². The third-order valence-corrected chi connectivity index (χ3v) is 3.07. The summed E-state index contributed by atoms with van der Waals surface area (Å²) < 4.78 is 1.83. The maximum atomic E-state index is 5.94. The zero-order chi connectivity index (χ0) is 13.1. The van der Waals surface area contributed by atoms with Gasteiger partial charge in [0.2, 0.25) is 0 Å². The van der Waals surface area contributed by atoms with Gasteiger partial charge in [-0.3, -0.25) is 4.98 Å². The summed E-state index contributed by atoms with van der Waals surface area (Å²) in [6.07, 6.45) is 5.02. The van der Waals surface area contributed by atoms with Gasteiger partial charge in [0.1, 0.15) is 16.8 Å². The molecule has 0 unspecified atom stereocenters. The number of hydrogen-bond donors (Lipinski definition) is 1. The van der Waals surface area contributed by atoms with Crippen molar-refractivity contribution in [1.82, 2.24) is 19.5 Å². The van der Waals surface area contributed by atoms with Gasteiger partial charge in [-0.15, -0.1) is 0 Å². The zero-order valence-electron chi connectivity index (χ0n) is 10.7. The van der Waals surface area contributed by atoms with Gasteiger partial charge in [0.05, 0.1) is 18.4 Å². The summed E-state index contributed by atoms with van der Waals surface area (Å²) in [6, 6.07) is 0. The minimum absolute atomic E-state index is 0.325. The number of halogens is 1. The number of aromatic nitrogens is 4. The average molecular weight is 266 g/mol. The maximum absolute atomic E-state index is 5.94. The molecule has 6 heteroatoms. The molecule has 0 aliphatic carbocycles. The molecule has 0 bridgehead atoms. The van der Waals surface area contributed by atoms with Crippen LogP contribution in [0.5, 0.6) is 0 Å². The monoisotopic (exact) mass is 265 g/mol. The Bertz CT molecular complexity index is 535. The number of nitrogens with one attached hydrogen (secondary N) is 1. The van der Waals surface area contributed by atoms with Crippen molar-refractivity contribution in [3.8, 4) is 0 Å². The Morgan fingerprint density at radius 3 is 2.61 bits per heavy atom. The number of rotatable bonds is 4. The Kier molecular flexibility index (Phi) is 3.81. The highest BCUT2D eigenvalue weighted by Gasteiger charge is 2.10. The van der Waals surface area contributed by atoms with Gasteiger partial charge >= 0.3 is 0 Å². The normalized spacial score (nSPS) is 10.9. The predicted molar refractivity (Wildman–Crippen MR) is 71.7 cm³/mol. The molecule has 0 saturated heterocycles. The summed E-state index contributed by atoms with van der Waals surface area (Å²) in [5.41, 5.74) is 0.956. The lowest BCUT2D eigenvalue weighted by molar-refractivity contribution is 0.790. The molecule has 0 aromatic carbocycles. The number of hydrogen-bond acceptors (Lipinski definition) is 4.